The normalized spacial score (nSPS) is 27.8. The van der Waals surface area contributed by atoms with Crippen LogP contribution in [0.1, 0.15) is 36.0 Å². The van der Waals surface area contributed by atoms with E-state index in [1.807, 2.05) is 6.07 Å². The molecule has 2 aliphatic rings. The molecule has 2 saturated heterocycles. The zero-order chi connectivity index (χ0) is 13.4. The molecule has 2 unspecified atom stereocenters. The lowest BCUT2D eigenvalue weighted by Crippen LogP contribution is -2.48. The second-order valence-corrected chi connectivity index (χ2v) is 6.67. The summed E-state index contributed by atoms with van der Waals surface area (Å²) in [4.78, 5) is 12.2. The Balaban J connectivity index is 0.00000147. The molecule has 1 aromatic carbocycles. The lowest BCUT2D eigenvalue weighted by molar-refractivity contribution is 0.0924. The second kappa shape index (κ2) is 6.65. The third-order valence-corrected chi connectivity index (χ3v) is 5.22. The van der Waals surface area contributed by atoms with E-state index < -0.39 is 0 Å². The first-order chi connectivity index (χ1) is 9.11. The minimum Gasteiger partial charge on any atom is -0.349 e. The number of benzene rings is 1. The fraction of sp³-hybridized carbons (Fsp3) is 0.500. The molecule has 0 spiro atoms. The molecule has 2 N–H and O–H groups in total. The van der Waals surface area contributed by atoms with Gasteiger partial charge in [0.1, 0.15) is 0 Å². The van der Waals surface area contributed by atoms with Crippen LogP contribution in [0, 0.1) is 0 Å². The van der Waals surface area contributed by atoms with Gasteiger partial charge >= 0.3 is 0 Å². The average molecular weight is 380 g/mol. The first kappa shape index (κ1) is 16.1. The maximum absolute atomic E-state index is 12.2. The average Bonchev–Trinajstić information content (AvgIpc) is 2.72. The molecular formula is C14H17BrCl2N2O. The number of hydrogen-bond acceptors (Lipinski definition) is 2. The van der Waals surface area contributed by atoms with E-state index in [2.05, 4.69) is 26.6 Å². The molecule has 2 fully saturated rings. The van der Waals surface area contributed by atoms with Crippen molar-refractivity contribution in [1.82, 2.24) is 10.6 Å². The van der Waals surface area contributed by atoms with Crippen LogP contribution in [-0.2, 0) is 0 Å². The Labute approximate surface area is 138 Å². The fourth-order valence-corrected chi connectivity index (χ4v) is 3.51. The molecular weight excluding hydrogens is 363 g/mol. The summed E-state index contributed by atoms with van der Waals surface area (Å²) in [6.07, 6.45) is 4.54. The van der Waals surface area contributed by atoms with Gasteiger partial charge < -0.3 is 10.6 Å². The van der Waals surface area contributed by atoms with Gasteiger partial charge in [-0.25, -0.2) is 0 Å². The highest BCUT2D eigenvalue weighted by atomic mass is 79.9. The first-order valence-corrected chi connectivity index (χ1v) is 7.81. The number of fused-ring (bicyclic) bond motifs is 2. The Hall–Kier alpha value is -0.290. The van der Waals surface area contributed by atoms with Crippen molar-refractivity contribution < 1.29 is 4.79 Å². The van der Waals surface area contributed by atoms with Gasteiger partial charge in [-0.15, -0.1) is 12.4 Å². The van der Waals surface area contributed by atoms with Crippen molar-refractivity contribution in [3.63, 3.8) is 0 Å². The van der Waals surface area contributed by atoms with Crippen LogP contribution in [0.4, 0.5) is 0 Å². The SMILES string of the molecule is Cl.O=C(NC1CC2CCC(C1)N2)c1ccc(Br)c(Cl)c1. The Morgan fingerprint density at radius 3 is 2.55 bits per heavy atom. The van der Waals surface area contributed by atoms with Gasteiger partial charge in [0.15, 0.2) is 0 Å². The van der Waals surface area contributed by atoms with Crippen molar-refractivity contribution in [1.29, 1.82) is 0 Å². The fourth-order valence-electron chi connectivity index (χ4n) is 3.08. The van der Waals surface area contributed by atoms with E-state index >= 15 is 0 Å². The third-order valence-electron chi connectivity index (χ3n) is 3.99. The topological polar surface area (TPSA) is 41.1 Å². The smallest absolute Gasteiger partial charge is 0.251 e. The monoisotopic (exact) mass is 378 g/mol. The minimum absolute atomic E-state index is 0. The molecule has 1 amide bonds. The van der Waals surface area contributed by atoms with Crippen molar-refractivity contribution in [2.45, 2.75) is 43.8 Å². The van der Waals surface area contributed by atoms with E-state index in [0.29, 0.717) is 22.7 Å². The molecule has 110 valence electrons. The maximum atomic E-state index is 12.2. The van der Waals surface area contributed by atoms with Crippen molar-refractivity contribution in [3.05, 3.63) is 33.3 Å². The predicted molar refractivity (Wildman–Crippen MR) is 86.8 cm³/mol. The zero-order valence-electron chi connectivity index (χ0n) is 10.9. The van der Waals surface area contributed by atoms with Crippen molar-refractivity contribution in [3.8, 4) is 0 Å². The lowest BCUT2D eigenvalue weighted by Gasteiger charge is -2.29. The van der Waals surface area contributed by atoms with E-state index in [1.165, 1.54) is 12.8 Å². The zero-order valence-corrected chi connectivity index (χ0v) is 14.0. The molecule has 2 atom stereocenters. The van der Waals surface area contributed by atoms with E-state index in [-0.39, 0.29) is 24.4 Å². The molecule has 0 saturated carbocycles. The number of nitrogens with one attached hydrogen (secondary N) is 2. The van der Waals surface area contributed by atoms with E-state index in [9.17, 15) is 4.79 Å². The van der Waals surface area contributed by atoms with Crippen LogP contribution in [-0.4, -0.2) is 24.0 Å². The summed E-state index contributed by atoms with van der Waals surface area (Å²) in [5.41, 5.74) is 0.624. The Morgan fingerprint density at radius 1 is 1.30 bits per heavy atom. The van der Waals surface area contributed by atoms with Crippen molar-refractivity contribution >= 4 is 45.8 Å². The molecule has 0 radical (unpaired) electrons. The van der Waals surface area contributed by atoms with Crippen molar-refractivity contribution in [2.75, 3.05) is 0 Å². The molecule has 2 bridgehead atoms. The summed E-state index contributed by atoms with van der Waals surface area (Å²) in [5, 5.41) is 7.27. The molecule has 0 aliphatic carbocycles. The standard InChI is InChI=1S/C14H16BrClN2O.ClH/c15-12-4-1-8(5-13(12)16)14(19)18-11-6-9-2-3-10(7-11)17-9;/h1,4-5,9-11,17H,2-3,6-7H2,(H,18,19);1H. The second-order valence-electron chi connectivity index (χ2n) is 5.41. The highest BCUT2D eigenvalue weighted by molar-refractivity contribution is 9.10. The summed E-state index contributed by atoms with van der Waals surface area (Å²) in [5.74, 6) is -0.0271. The predicted octanol–water partition coefficient (Wildman–Crippen LogP) is 3.54. The van der Waals surface area contributed by atoms with Gasteiger partial charge in [-0.05, 0) is 59.8 Å². The number of carbonyl (C=O) groups excluding carboxylic acids is 1. The van der Waals surface area contributed by atoms with Crippen LogP contribution in [0.5, 0.6) is 0 Å². The van der Waals surface area contributed by atoms with Gasteiger partial charge in [0.2, 0.25) is 0 Å². The van der Waals surface area contributed by atoms with Crippen LogP contribution in [0.25, 0.3) is 0 Å². The number of halogens is 3. The molecule has 2 aliphatic heterocycles. The number of piperidine rings is 1. The minimum atomic E-state index is -0.0271. The van der Waals surface area contributed by atoms with Crippen LogP contribution < -0.4 is 10.6 Å². The number of carbonyl (C=O) groups is 1. The Kier molecular flexibility index (Phi) is 5.35. The van der Waals surface area contributed by atoms with Gasteiger partial charge in [0.05, 0.1) is 5.02 Å². The molecule has 3 rings (SSSR count). The van der Waals surface area contributed by atoms with Crippen LogP contribution in [0.2, 0.25) is 5.02 Å². The van der Waals surface area contributed by atoms with Crippen molar-refractivity contribution in [2.24, 2.45) is 0 Å². The summed E-state index contributed by atoms with van der Waals surface area (Å²) < 4.78 is 0.811. The first-order valence-electron chi connectivity index (χ1n) is 6.64. The molecule has 6 heteroatoms. The number of rotatable bonds is 2. The summed E-state index contributed by atoms with van der Waals surface area (Å²) in [6, 6.07) is 6.75. The lowest BCUT2D eigenvalue weighted by atomic mass is 9.99. The molecule has 0 aromatic heterocycles. The summed E-state index contributed by atoms with van der Waals surface area (Å²) in [6.45, 7) is 0. The Morgan fingerprint density at radius 2 is 1.95 bits per heavy atom. The third kappa shape index (κ3) is 3.48. The van der Waals surface area contributed by atoms with E-state index in [0.717, 1.165) is 17.3 Å². The molecule has 1 aromatic rings. The highest BCUT2D eigenvalue weighted by Gasteiger charge is 2.34. The quantitative estimate of drug-likeness (QED) is 0.825. The molecule has 20 heavy (non-hydrogen) atoms. The molecule has 2 heterocycles. The number of hydrogen-bond donors (Lipinski definition) is 2. The van der Waals surface area contributed by atoms with Crippen LogP contribution in [0.15, 0.2) is 22.7 Å². The highest BCUT2D eigenvalue weighted by Crippen LogP contribution is 2.27. The summed E-state index contributed by atoms with van der Waals surface area (Å²) in [7, 11) is 0. The van der Waals surface area contributed by atoms with E-state index in [1.54, 1.807) is 12.1 Å². The molecule has 3 nitrogen and oxygen atoms in total. The van der Waals surface area contributed by atoms with Crippen LogP contribution in [0.3, 0.4) is 0 Å². The van der Waals surface area contributed by atoms with Gasteiger partial charge in [-0.2, -0.15) is 0 Å². The van der Waals surface area contributed by atoms with Gasteiger partial charge in [-0.1, -0.05) is 11.6 Å². The van der Waals surface area contributed by atoms with Gasteiger partial charge in [-0.3, -0.25) is 4.79 Å². The van der Waals surface area contributed by atoms with Gasteiger partial charge in [0.25, 0.3) is 5.91 Å². The summed E-state index contributed by atoms with van der Waals surface area (Å²) >= 11 is 9.35. The maximum Gasteiger partial charge on any atom is 0.251 e. The number of amides is 1. The van der Waals surface area contributed by atoms with Crippen LogP contribution >= 0.6 is 39.9 Å². The van der Waals surface area contributed by atoms with E-state index in [4.69, 9.17) is 11.6 Å². The Bertz CT molecular complexity index is 500. The largest absolute Gasteiger partial charge is 0.349 e. The van der Waals surface area contributed by atoms with Gasteiger partial charge in [0, 0.05) is 28.2 Å².